The predicted molar refractivity (Wildman–Crippen MR) is 87.7 cm³/mol. The number of fused-ring (bicyclic) bond motifs is 1. The standard InChI is InChI=1S/C15H11N5O2S/c1-8-7-10(21)20-12(16-8)11(13(22)19-20)15-18-17-14(23-15)9-5-3-2-4-6-9/h2-7,16H,1H3,(H,19,22). The van der Waals surface area contributed by atoms with Crippen molar-refractivity contribution in [2.45, 2.75) is 6.92 Å². The molecule has 0 aliphatic heterocycles. The van der Waals surface area contributed by atoms with Gasteiger partial charge in [0.15, 0.2) is 5.01 Å². The first-order chi connectivity index (χ1) is 11.1. The van der Waals surface area contributed by atoms with Crippen LogP contribution in [0.1, 0.15) is 5.69 Å². The maximum atomic E-state index is 12.3. The van der Waals surface area contributed by atoms with Crippen LogP contribution in [-0.4, -0.2) is 24.8 Å². The first kappa shape index (κ1) is 13.6. The fraction of sp³-hybridized carbons (Fsp3) is 0.0667. The molecule has 114 valence electrons. The van der Waals surface area contributed by atoms with Gasteiger partial charge in [-0.1, -0.05) is 41.7 Å². The number of aromatic amines is 2. The molecule has 23 heavy (non-hydrogen) atoms. The topological polar surface area (TPSA) is 95.9 Å². The van der Waals surface area contributed by atoms with Crippen molar-refractivity contribution in [1.82, 2.24) is 24.8 Å². The van der Waals surface area contributed by atoms with Crippen LogP contribution in [0.5, 0.6) is 0 Å². The number of nitrogens with zero attached hydrogens (tertiary/aromatic N) is 3. The van der Waals surface area contributed by atoms with E-state index in [0.717, 1.165) is 5.56 Å². The molecule has 0 amide bonds. The van der Waals surface area contributed by atoms with E-state index in [0.29, 0.717) is 26.9 Å². The largest absolute Gasteiger partial charge is 0.343 e. The zero-order chi connectivity index (χ0) is 16.0. The summed E-state index contributed by atoms with van der Waals surface area (Å²) in [5.41, 5.74) is 1.65. The summed E-state index contributed by atoms with van der Waals surface area (Å²) < 4.78 is 1.19. The first-order valence-electron chi connectivity index (χ1n) is 6.87. The summed E-state index contributed by atoms with van der Waals surface area (Å²) in [5, 5.41) is 12.0. The zero-order valence-electron chi connectivity index (χ0n) is 12.0. The highest BCUT2D eigenvalue weighted by Gasteiger charge is 2.18. The third kappa shape index (κ3) is 2.20. The molecule has 0 atom stereocenters. The minimum Gasteiger partial charge on any atom is -0.343 e. The minimum atomic E-state index is -0.375. The monoisotopic (exact) mass is 325 g/mol. The molecule has 3 aromatic heterocycles. The van der Waals surface area contributed by atoms with E-state index in [1.165, 1.54) is 21.9 Å². The Balaban J connectivity index is 1.94. The van der Waals surface area contributed by atoms with Gasteiger partial charge in [-0.3, -0.25) is 14.7 Å². The number of nitrogens with one attached hydrogen (secondary N) is 2. The van der Waals surface area contributed by atoms with E-state index in [1.54, 1.807) is 6.92 Å². The normalized spacial score (nSPS) is 11.2. The van der Waals surface area contributed by atoms with E-state index >= 15 is 0 Å². The summed E-state index contributed by atoms with van der Waals surface area (Å²) in [6, 6.07) is 11.0. The molecule has 0 bridgehead atoms. The van der Waals surface area contributed by atoms with Crippen LogP contribution in [0.15, 0.2) is 46.0 Å². The maximum Gasteiger partial charge on any atom is 0.277 e. The van der Waals surface area contributed by atoms with Crippen LogP contribution in [-0.2, 0) is 0 Å². The SMILES string of the molecule is Cc1cc(=O)n2[nH]c(=O)c(-c3nnc(-c4ccccc4)s3)c2[nH]1. The number of aryl methyl sites for hydroxylation is 1. The molecule has 0 spiro atoms. The average Bonchev–Trinajstić information content (AvgIpc) is 3.12. The van der Waals surface area contributed by atoms with Gasteiger partial charge in [0, 0.05) is 17.3 Å². The molecule has 0 aliphatic rings. The quantitative estimate of drug-likeness (QED) is 0.587. The van der Waals surface area contributed by atoms with Crippen molar-refractivity contribution in [1.29, 1.82) is 0 Å². The van der Waals surface area contributed by atoms with Crippen LogP contribution in [0.4, 0.5) is 0 Å². The molecule has 8 heteroatoms. The Hall–Kier alpha value is -3.00. The highest BCUT2D eigenvalue weighted by atomic mass is 32.1. The van der Waals surface area contributed by atoms with E-state index < -0.39 is 0 Å². The molecule has 0 saturated heterocycles. The Morgan fingerprint density at radius 1 is 1.09 bits per heavy atom. The van der Waals surface area contributed by atoms with Crippen molar-refractivity contribution in [2.24, 2.45) is 0 Å². The van der Waals surface area contributed by atoms with Crippen LogP contribution in [0.3, 0.4) is 0 Å². The molecule has 7 nitrogen and oxygen atoms in total. The van der Waals surface area contributed by atoms with Crippen molar-refractivity contribution in [3.8, 4) is 21.1 Å². The van der Waals surface area contributed by atoms with E-state index in [1.807, 2.05) is 30.3 Å². The number of aromatic nitrogens is 5. The second kappa shape index (κ2) is 5.03. The fourth-order valence-corrected chi connectivity index (χ4v) is 3.30. The Kier molecular flexibility index (Phi) is 2.98. The van der Waals surface area contributed by atoms with E-state index in [2.05, 4.69) is 20.3 Å². The summed E-state index contributed by atoms with van der Waals surface area (Å²) in [7, 11) is 0. The lowest BCUT2D eigenvalue weighted by atomic mass is 10.2. The van der Waals surface area contributed by atoms with Gasteiger partial charge in [0.2, 0.25) is 0 Å². The van der Waals surface area contributed by atoms with E-state index in [-0.39, 0.29) is 11.1 Å². The number of benzene rings is 1. The number of H-pyrrole nitrogens is 2. The third-order valence-corrected chi connectivity index (χ3v) is 4.43. The first-order valence-corrected chi connectivity index (χ1v) is 7.69. The summed E-state index contributed by atoms with van der Waals surface area (Å²) in [4.78, 5) is 27.3. The average molecular weight is 325 g/mol. The molecule has 4 rings (SSSR count). The van der Waals surface area contributed by atoms with Crippen LogP contribution < -0.4 is 11.1 Å². The lowest BCUT2D eigenvalue weighted by Crippen LogP contribution is -2.15. The van der Waals surface area contributed by atoms with Crippen LogP contribution in [0.25, 0.3) is 26.8 Å². The molecular formula is C15H11N5O2S. The smallest absolute Gasteiger partial charge is 0.277 e. The molecular weight excluding hydrogens is 314 g/mol. The van der Waals surface area contributed by atoms with Crippen molar-refractivity contribution in [3.05, 3.63) is 62.8 Å². The van der Waals surface area contributed by atoms with Crippen molar-refractivity contribution in [3.63, 3.8) is 0 Å². The van der Waals surface area contributed by atoms with Crippen molar-refractivity contribution < 1.29 is 0 Å². The van der Waals surface area contributed by atoms with Gasteiger partial charge >= 0.3 is 0 Å². The van der Waals surface area contributed by atoms with Crippen LogP contribution in [0, 0.1) is 6.92 Å². The highest BCUT2D eigenvalue weighted by Crippen LogP contribution is 2.29. The molecule has 0 saturated carbocycles. The van der Waals surface area contributed by atoms with Gasteiger partial charge in [-0.05, 0) is 6.92 Å². The van der Waals surface area contributed by atoms with Crippen LogP contribution in [0.2, 0.25) is 0 Å². The van der Waals surface area contributed by atoms with Gasteiger partial charge in [-0.25, -0.2) is 0 Å². The number of hydrogen-bond donors (Lipinski definition) is 2. The Morgan fingerprint density at radius 2 is 1.83 bits per heavy atom. The number of rotatable bonds is 2. The van der Waals surface area contributed by atoms with Gasteiger partial charge < -0.3 is 4.98 Å². The van der Waals surface area contributed by atoms with E-state index in [9.17, 15) is 9.59 Å². The van der Waals surface area contributed by atoms with Gasteiger partial charge in [0.25, 0.3) is 11.1 Å². The van der Waals surface area contributed by atoms with Gasteiger partial charge in [0.05, 0.1) is 0 Å². The molecule has 0 unspecified atom stereocenters. The summed E-state index contributed by atoms with van der Waals surface area (Å²) in [5.74, 6) is 0. The minimum absolute atomic E-state index is 0.299. The van der Waals surface area contributed by atoms with Gasteiger partial charge in [-0.15, -0.1) is 10.2 Å². The third-order valence-electron chi connectivity index (χ3n) is 3.44. The second-order valence-corrected chi connectivity index (χ2v) is 6.05. The molecule has 0 fully saturated rings. The summed E-state index contributed by atoms with van der Waals surface area (Å²) >= 11 is 1.31. The maximum absolute atomic E-state index is 12.3. The Labute approximate surface area is 133 Å². The molecule has 3 heterocycles. The van der Waals surface area contributed by atoms with E-state index in [4.69, 9.17) is 0 Å². The molecule has 0 aliphatic carbocycles. The number of hydrogen-bond acceptors (Lipinski definition) is 5. The van der Waals surface area contributed by atoms with Crippen LogP contribution >= 0.6 is 11.3 Å². The molecule has 2 N–H and O–H groups in total. The lowest BCUT2D eigenvalue weighted by molar-refractivity contribution is 0.875. The highest BCUT2D eigenvalue weighted by molar-refractivity contribution is 7.18. The summed E-state index contributed by atoms with van der Waals surface area (Å²) in [6.07, 6.45) is 0. The van der Waals surface area contributed by atoms with Gasteiger partial charge in [0.1, 0.15) is 16.2 Å². The van der Waals surface area contributed by atoms with Gasteiger partial charge in [-0.2, -0.15) is 4.52 Å². The molecule has 0 radical (unpaired) electrons. The molecule has 1 aromatic carbocycles. The zero-order valence-corrected chi connectivity index (χ0v) is 12.8. The lowest BCUT2D eigenvalue weighted by Gasteiger charge is -1.97. The Bertz CT molecular complexity index is 1120. The summed E-state index contributed by atoms with van der Waals surface area (Å²) in [6.45, 7) is 1.76. The fourth-order valence-electron chi connectivity index (χ4n) is 2.41. The predicted octanol–water partition coefficient (Wildman–Crippen LogP) is 1.81. The van der Waals surface area contributed by atoms with Crippen molar-refractivity contribution in [2.75, 3.05) is 0 Å². The molecule has 4 aromatic rings. The Morgan fingerprint density at radius 3 is 2.61 bits per heavy atom. The van der Waals surface area contributed by atoms with Crippen molar-refractivity contribution >= 4 is 17.0 Å². The second-order valence-electron chi connectivity index (χ2n) is 5.07.